The first kappa shape index (κ1) is 14.4. The summed E-state index contributed by atoms with van der Waals surface area (Å²) < 4.78 is 2.05. The second kappa shape index (κ2) is 6.40. The number of benzene rings is 1. The van der Waals surface area contributed by atoms with Crippen molar-refractivity contribution in [3.8, 4) is 0 Å². The van der Waals surface area contributed by atoms with E-state index in [4.69, 9.17) is 11.6 Å². The highest BCUT2D eigenvalue weighted by molar-refractivity contribution is 6.20. The Balaban J connectivity index is 2.08. The number of alkyl halides is 1. The van der Waals surface area contributed by atoms with E-state index in [1.807, 2.05) is 4.68 Å². The third kappa shape index (κ3) is 3.28. The van der Waals surface area contributed by atoms with Gasteiger partial charge in [0.25, 0.3) is 0 Å². The molecule has 0 bridgehead atoms. The third-order valence-electron chi connectivity index (χ3n) is 3.39. The van der Waals surface area contributed by atoms with Crippen molar-refractivity contribution in [1.29, 1.82) is 0 Å². The molecule has 1 N–H and O–H groups in total. The summed E-state index contributed by atoms with van der Waals surface area (Å²) in [6, 6.07) is 8.37. The molecule has 0 fully saturated rings. The highest BCUT2D eigenvalue weighted by Gasteiger charge is 2.11. The highest BCUT2D eigenvalue weighted by Crippen LogP contribution is 2.18. The molecule has 0 aliphatic heterocycles. The lowest BCUT2D eigenvalue weighted by Gasteiger charge is -2.13. The number of aromatic nitrogens is 2. The molecule has 0 saturated heterocycles. The summed E-state index contributed by atoms with van der Waals surface area (Å²) in [5.74, 6) is 0.485. The summed E-state index contributed by atoms with van der Waals surface area (Å²) in [5, 5.41) is 9.46. The van der Waals surface area contributed by atoms with Gasteiger partial charge in [0.2, 0.25) is 0 Å². The van der Waals surface area contributed by atoms with Gasteiger partial charge in [-0.3, -0.25) is 4.68 Å². The van der Waals surface area contributed by atoms with E-state index < -0.39 is 0 Å². The largest absolute Gasteiger partial charge is 0.310 e. The van der Waals surface area contributed by atoms with Crippen LogP contribution in [0.25, 0.3) is 10.9 Å². The second-order valence-corrected chi connectivity index (χ2v) is 5.73. The summed E-state index contributed by atoms with van der Waals surface area (Å²) >= 11 is 6.24. The van der Waals surface area contributed by atoms with Crippen LogP contribution in [0, 0.1) is 5.92 Å². The Kier molecular flexibility index (Phi) is 4.83. The molecule has 2 aromatic rings. The van der Waals surface area contributed by atoms with Crippen molar-refractivity contribution in [3.05, 3.63) is 30.0 Å². The first-order valence-corrected chi connectivity index (χ1v) is 7.36. The molecule has 1 aromatic carbocycles. The van der Waals surface area contributed by atoms with Crippen LogP contribution < -0.4 is 5.32 Å². The molecule has 104 valence electrons. The fourth-order valence-electron chi connectivity index (χ4n) is 2.13. The Hall–Kier alpha value is -1.06. The van der Waals surface area contributed by atoms with Gasteiger partial charge in [0, 0.05) is 30.4 Å². The van der Waals surface area contributed by atoms with E-state index in [1.54, 1.807) is 0 Å². The number of rotatable bonds is 6. The zero-order valence-corrected chi connectivity index (χ0v) is 12.6. The van der Waals surface area contributed by atoms with Crippen LogP contribution in [-0.2, 0) is 13.1 Å². The van der Waals surface area contributed by atoms with Gasteiger partial charge in [-0.15, -0.1) is 11.6 Å². The van der Waals surface area contributed by atoms with Gasteiger partial charge in [-0.2, -0.15) is 5.10 Å². The van der Waals surface area contributed by atoms with Crippen LogP contribution in [0.4, 0.5) is 0 Å². The molecule has 4 heteroatoms. The zero-order chi connectivity index (χ0) is 13.8. The minimum absolute atomic E-state index is 0.166. The number of fused-ring (bicyclic) bond motifs is 1. The van der Waals surface area contributed by atoms with Gasteiger partial charge in [0.05, 0.1) is 11.2 Å². The average molecular weight is 280 g/mol. The normalized spacial score (nSPS) is 13.3. The summed E-state index contributed by atoms with van der Waals surface area (Å²) in [5.41, 5.74) is 2.30. The Morgan fingerprint density at radius 3 is 2.74 bits per heavy atom. The first-order chi connectivity index (χ1) is 9.13. The number of hydrogen-bond acceptors (Lipinski definition) is 2. The average Bonchev–Trinajstić information content (AvgIpc) is 2.77. The van der Waals surface area contributed by atoms with Crippen LogP contribution in [0.2, 0.25) is 0 Å². The van der Waals surface area contributed by atoms with Gasteiger partial charge < -0.3 is 5.32 Å². The van der Waals surface area contributed by atoms with E-state index in [2.05, 4.69) is 55.5 Å². The van der Waals surface area contributed by atoms with Crippen LogP contribution >= 0.6 is 11.6 Å². The van der Waals surface area contributed by atoms with E-state index >= 15 is 0 Å². The molecule has 3 nitrogen and oxygen atoms in total. The van der Waals surface area contributed by atoms with Crippen molar-refractivity contribution in [2.24, 2.45) is 5.92 Å². The van der Waals surface area contributed by atoms with E-state index in [1.165, 1.54) is 10.9 Å². The Labute approximate surface area is 119 Å². The van der Waals surface area contributed by atoms with Crippen molar-refractivity contribution < 1.29 is 0 Å². The number of aryl methyl sites for hydroxylation is 1. The van der Waals surface area contributed by atoms with E-state index in [0.29, 0.717) is 5.92 Å². The molecule has 1 atom stereocenters. The molecular weight excluding hydrogens is 258 g/mol. The number of halogens is 1. The number of hydrogen-bond donors (Lipinski definition) is 1. The van der Waals surface area contributed by atoms with Gasteiger partial charge in [0.15, 0.2) is 0 Å². The topological polar surface area (TPSA) is 29.9 Å². The molecule has 1 heterocycles. The maximum absolute atomic E-state index is 6.24. The minimum Gasteiger partial charge on any atom is -0.310 e. The predicted molar refractivity (Wildman–Crippen MR) is 81.6 cm³/mol. The van der Waals surface area contributed by atoms with E-state index in [9.17, 15) is 0 Å². The molecule has 0 aliphatic carbocycles. The van der Waals surface area contributed by atoms with Crippen LogP contribution in [0.1, 0.15) is 26.5 Å². The van der Waals surface area contributed by atoms with Crippen LogP contribution in [0.3, 0.4) is 0 Å². The first-order valence-electron chi connectivity index (χ1n) is 6.92. The monoisotopic (exact) mass is 279 g/mol. The maximum atomic E-state index is 6.24. The van der Waals surface area contributed by atoms with E-state index in [-0.39, 0.29) is 5.38 Å². The number of para-hydroxylation sites is 1. The quantitative estimate of drug-likeness (QED) is 0.821. The summed E-state index contributed by atoms with van der Waals surface area (Å²) in [4.78, 5) is 0. The van der Waals surface area contributed by atoms with Gasteiger partial charge in [-0.05, 0) is 18.9 Å². The Morgan fingerprint density at radius 1 is 1.32 bits per heavy atom. The number of nitrogens with one attached hydrogen (secondary N) is 1. The predicted octanol–water partition coefficient (Wildman–Crippen LogP) is 3.41. The lowest BCUT2D eigenvalue weighted by Crippen LogP contribution is -2.26. The van der Waals surface area contributed by atoms with Crippen LogP contribution in [-0.4, -0.2) is 21.7 Å². The van der Waals surface area contributed by atoms with Crippen molar-refractivity contribution in [1.82, 2.24) is 15.1 Å². The molecule has 0 radical (unpaired) electrons. The molecular formula is C15H22ClN3. The molecule has 0 aliphatic rings. The number of nitrogens with zero attached hydrogens (tertiary/aromatic N) is 2. The molecule has 0 amide bonds. The summed E-state index contributed by atoms with van der Waals surface area (Å²) in [6.07, 6.45) is 0. The highest BCUT2D eigenvalue weighted by atomic mass is 35.5. The zero-order valence-electron chi connectivity index (χ0n) is 11.9. The molecule has 1 unspecified atom stereocenters. The van der Waals surface area contributed by atoms with Gasteiger partial charge in [-0.1, -0.05) is 32.0 Å². The Bertz CT molecular complexity index is 533. The fraction of sp³-hybridized carbons (Fsp3) is 0.533. The molecule has 1 aromatic heterocycles. The smallest absolute Gasteiger partial charge is 0.0841 e. The van der Waals surface area contributed by atoms with Gasteiger partial charge >= 0.3 is 0 Å². The lowest BCUT2D eigenvalue weighted by atomic mass is 10.1. The van der Waals surface area contributed by atoms with Crippen molar-refractivity contribution >= 4 is 22.5 Å². The molecule has 19 heavy (non-hydrogen) atoms. The minimum atomic E-state index is 0.166. The third-order valence-corrected chi connectivity index (χ3v) is 4.05. The van der Waals surface area contributed by atoms with Crippen LogP contribution in [0.15, 0.2) is 24.3 Å². The molecule has 2 rings (SSSR count). The van der Waals surface area contributed by atoms with Crippen LogP contribution in [0.5, 0.6) is 0 Å². The molecule has 0 saturated carbocycles. The fourth-order valence-corrected chi connectivity index (χ4v) is 2.24. The second-order valence-electron chi connectivity index (χ2n) is 5.17. The summed E-state index contributed by atoms with van der Waals surface area (Å²) in [6.45, 7) is 8.87. The maximum Gasteiger partial charge on any atom is 0.0841 e. The SMILES string of the molecule is CCn1nc(CNCC(Cl)C(C)C)c2ccccc21. The van der Waals surface area contributed by atoms with Crippen molar-refractivity contribution in [2.45, 2.75) is 39.2 Å². The van der Waals surface area contributed by atoms with Gasteiger partial charge in [0.1, 0.15) is 0 Å². The summed E-state index contributed by atoms with van der Waals surface area (Å²) in [7, 11) is 0. The van der Waals surface area contributed by atoms with E-state index in [0.717, 1.165) is 25.3 Å². The molecule has 0 spiro atoms. The lowest BCUT2D eigenvalue weighted by molar-refractivity contribution is 0.540. The van der Waals surface area contributed by atoms with Gasteiger partial charge in [-0.25, -0.2) is 0 Å². The standard InChI is InChI=1S/C15H22ClN3/c1-4-19-15-8-6-5-7-12(15)14(18-19)10-17-9-13(16)11(2)3/h5-8,11,13,17H,4,9-10H2,1-3H3. The van der Waals surface area contributed by atoms with Crippen molar-refractivity contribution in [2.75, 3.05) is 6.54 Å². The van der Waals surface area contributed by atoms with Crippen molar-refractivity contribution in [3.63, 3.8) is 0 Å². The Morgan fingerprint density at radius 2 is 2.05 bits per heavy atom.